The van der Waals surface area contributed by atoms with Crippen LogP contribution >= 0.6 is 11.6 Å². The lowest BCUT2D eigenvalue weighted by molar-refractivity contribution is -0.213. The molecule has 9 heteroatoms. The summed E-state index contributed by atoms with van der Waals surface area (Å²) in [4.78, 5) is 12.9. The molecule has 2 aromatic rings. The Labute approximate surface area is 206 Å². The molecule has 7 nitrogen and oxygen atoms in total. The molecule has 4 rings (SSSR count). The molecule has 1 saturated heterocycles. The van der Waals surface area contributed by atoms with Gasteiger partial charge >= 0.3 is 0 Å². The van der Waals surface area contributed by atoms with Gasteiger partial charge in [0, 0.05) is 23.9 Å². The average Bonchev–Trinajstić information content (AvgIpc) is 3.31. The van der Waals surface area contributed by atoms with Crippen molar-refractivity contribution in [1.82, 2.24) is 5.32 Å². The van der Waals surface area contributed by atoms with Crippen LogP contribution in [0.1, 0.15) is 38.5 Å². The summed E-state index contributed by atoms with van der Waals surface area (Å²) >= 11 is 5.98. The first-order valence-electron chi connectivity index (χ1n) is 11.8. The van der Waals surface area contributed by atoms with E-state index in [0.717, 1.165) is 36.4 Å². The summed E-state index contributed by atoms with van der Waals surface area (Å²) in [5.74, 6) is -0.483. The lowest BCUT2D eigenvalue weighted by atomic mass is 9.80. The first-order chi connectivity index (χ1) is 16.4. The van der Waals surface area contributed by atoms with Gasteiger partial charge in [-0.15, -0.1) is 0 Å². The molecular weight excluding hydrogens is 476 g/mol. The zero-order chi connectivity index (χ0) is 24.0. The number of carbonyl (C=O) groups excluding carboxylic acids is 1. The van der Waals surface area contributed by atoms with Gasteiger partial charge in [0.1, 0.15) is 6.54 Å². The molecule has 1 unspecified atom stereocenters. The molecule has 2 aromatic carbocycles. The highest BCUT2D eigenvalue weighted by Crippen LogP contribution is 2.42. The predicted octanol–water partition coefficient (Wildman–Crippen LogP) is 4.37. The van der Waals surface area contributed by atoms with Gasteiger partial charge < -0.3 is 14.8 Å². The Morgan fingerprint density at radius 2 is 1.76 bits per heavy atom. The number of ether oxygens (including phenoxy) is 2. The number of sulfonamides is 1. The Hall–Kier alpha value is -2.13. The van der Waals surface area contributed by atoms with E-state index in [-0.39, 0.29) is 17.3 Å². The number of carbonyl (C=O) groups is 1. The second-order valence-corrected chi connectivity index (χ2v) is 11.0. The van der Waals surface area contributed by atoms with E-state index in [9.17, 15) is 13.2 Å². The van der Waals surface area contributed by atoms with Crippen LogP contribution in [0.15, 0.2) is 59.5 Å². The lowest BCUT2D eigenvalue weighted by Gasteiger charge is -2.39. The van der Waals surface area contributed by atoms with Crippen molar-refractivity contribution in [2.75, 3.05) is 30.6 Å². The van der Waals surface area contributed by atoms with Crippen molar-refractivity contribution < 1.29 is 22.7 Å². The summed E-state index contributed by atoms with van der Waals surface area (Å²) in [5.41, 5.74) is 0.378. The average molecular weight is 507 g/mol. The standard InChI is InChI=1S/C25H31ClN2O5S/c26-21-11-13-22(14-12-21)28(34(30,31)23-9-2-1-3-10-23)19-24(29)27-16-6-8-20-7-4-5-15-25(20)32-17-18-33-25/h1-3,9-14,20H,4-8,15-19H2,(H,27,29). The number of anilines is 1. The van der Waals surface area contributed by atoms with Crippen LogP contribution in [0.25, 0.3) is 0 Å². The highest BCUT2D eigenvalue weighted by atomic mass is 35.5. The van der Waals surface area contributed by atoms with E-state index in [0.29, 0.717) is 36.4 Å². The second-order valence-electron chi connectivity index (χ2n) is 8.74. The van der Waals surface area contributed by atoms with Crippen molar-refractivity contribution in [2.45, 2.75) is 49.2 Å². The summed E-state index contributed by atoms with van der Waals surface area (Å²) in [6, 6.07) is 14.5. The van der Waals surface area contributed by atoms with Crippen LogP contribution in [0.4, 0.5) is 5.69 Å². The molecule has 0 aromatic heterocycles. The SMILES string of the molecule is O=C(CN(c1ccc(Cl)cc1)S(=O)(=O)c1ccccc1)NCCCC1CCCCC12OCCO2. The number of hydrogen-bond acceptors (Lipinski definition) is 5. The number of hydrogen-bond donors (Lipinski definition) is 1. The molecule has 1 heterocycles. The Bertz CT molecular complexity index is 1060. The predicted molar refractivity (Wildman–Crippen MR) is 131 cm³/mol. The minimum absolute atomic E-state index is 0.122. The third kappa shape index (κ3) is 5.74. The monoisotopic (exact) mass is 506 g/mol. The van der Waals surface area contributed by atoms with Gasteiger partial charge in [0.15, 0.2) is 5.79 Å². The van der Waals surface area contributed by atoms with E-state index >= 15 is 0 Å². The summed E-state index contributed by atoms with van der Waals surface area (Å²) < 4.78 is 39.7. The minimum atomic E-state index is -3.93. The topological polar surface area (TPSA) is 84.9 Å². The van der Waals surface area contributed by atoms with Gasteiger partial charge in [-0.1, -0.05) is 36.2 Å². The van der Waals surface area contributed by atoms with Gasteiger partial charge in [0.05, 0.1) is 23.8 Å². The number of amides is 1. The van der Waals surface area contributed by atoms with E-state index in [1.807, 2.05) is 0 Å². The van der Waals surface area contributed by atoms with Gasteiger partial charge in [-0.2, -0.15) is 0 Å². The smallest absolute Gasteiger partial charge is 0.264 e. The quantitative estimate of drug-likeness (QED) is 0.511. The minimum Gasteiger partial charge on any atom is -0.355 e. The molecule has 34 heavy (non-hydrogen) atoms. The third-order valence-electron chi connectivity index (χ3n) is 6.51. The number of benzene rings is 2. The number of nitrogens with one attached hydrogen (secondary N) is 1. The van der Waals surface area contributed by atoms with Crippen LogP contribution in [0.3, 0.4) is 0 Å². The molecule has 1 spiro atoms. The van der Waals surface area contributed by atoms with Gasteiger partial charge in [-0.3, -0.25) is 9.10 Å². The van der Waals surface area contributed by atoms with Crippen LogP contribution in [-0.2, 0) is 24.3 Å². The van der Waals surface area contributed by atoms with Crippen LogP contribution in [0.5, 0.6) is 0 Å². The molecule has 2 aliphatic rings. The fraction of sp³-hybridized carbons (Fsp3) is 0.480. The molecule has 184 valence electrons. The molecule has 1 aliphatic carbocycles. The van der Waals surface area contributed by atoms with Crippen molar-refractivity contribution in [3.05, 3.63) is 59.6 Å². The van der Waals surface area contributed by atoms with E-state index in [1.165, 1.54) is 18.6 Å². The van der Waals surface area contributed by atoms with Crippen molar-refractivity contribution in [1.29, 1.82) is 0 Å². The molecule has 1 N–H and O–H groups in total. The van der Waals surface area contributed by atoms with Gasteiger partial charge in [-0.25, -0.2) is 8.42 Å². The van der Waals surface area contributed by atoms with Gasteiger partial charge in [0.2, 0.25) is 5.91 Å². The summed E-state index contributed by atoms with van der Waals surface area (Å²) in [5, 5.41) is 3.37. The Balaban J connectivity index is 1.37. The van der Waals surface area contributed by atoms with Gasteiger partial charge in [0.25, 0.3) is 10.0 Å². The zero-order valence-electron chi connectivity index (χ0n) is 19.1. The second kappa shape index (κ2) is 11.1. The molecule has 0 bridgehead atoms. The molecule has 1 amide bonds. The van der Waals surface area contributed by atoms with Crippen molar-refractivity contribution >= 4 is 33.2 Å². The van der Waals surface area contributed by atoms with E-state index in [1.54, 1.807) is 42.5 Å². The Morgan fingerprint density at radius 3 is 2.47 bits per heavy atom. The largest absolute Gasteiger partial charge is 0.355 e. The molecular formula is C25H31ClN2O5S. The third-order valence-corrected chi connectivity index (χ3v) is 8.55. The van der Waals surface area contributed by atoms with Crippen molar-refractivity contribution in [3.63, 3.8) is 0 Å². The summed E-state index contributed by atoms with van der Waals surface area (Å²) in [6.45, 7) is 1.43. The van der Waals surface area contributed by atoms with Crippen LogP contribution in [0.2, 0.25) is 5.02 Å². The molecule has 1 saturated carbocycles. The van der Waals surface area contributed by atoms with Crippen molar-refractivity contribution in [3.8, 4) is 0 Å². The maximum absolute atomic E-state index is 13.3. The number of nitrogens with zero attached hydrogens (tertiary/aromatic N) is 1. The van der Waals surface area contributed by atoms with E-state index in [2.05, 4.69) is 5.32 Å². The first-order valence-corrected chi connectivity index (χ1v) is 13.6. The molecule has 1 atom stereocenters. The van der Waals surface area contributed by atoms with Crippen LogP contribution < -0.4 is 9.62 Å². The maximum Gasteiger partial charge on any atom is 0.264 e. The van der Waals surface area contributed by atoms with E-state index in [4.69, 9.17) is 21.1 Å². The highest BCUT2D eigenvalue weighted by molar-refractivity contribution is 7.92. The van der Waals surface area contributed by atoms with Gasteiger partial charge in [-0.05, 0) is 62.1 Å². The number of rotatable bonds is 9. The summed E-state index contributed by atoms with van der Waals surface area (Å²) in [6.07, 6.45) is 5.94. The van der Waals surface area contributed by atoms with Crippen molar-refractivity contribution in [2.24, 2.45) is 5.92 Å². The maximum atomic E-state index is 13.3. The normalized spacial score (nSPS) is 19.7. The summed E-state index contributed by atoms with van der Waals surface area (Å²) in [7, 11) is -3.93. The molecule has 0 radical (unpaired) electrons. The highest BCUT2D eigenvalue weighted by Gasteiger charge is 2.45. The fourth-order valence-corrected chi connectivity index (χ4v) is 6.37. The Kier molecular flexibility index (Phi) is 8.14. The fourth-order valence-electron chi connectivity index (χ4n) is 4.81. The molecule has 2 fully saturated rings. The van der Waals surface area contributed by atoms with Crippen LogP contribution in [-0.4, -0.2) is 46.4 Å². The molecule has 1 aliphatic heterocycles. The first kappa shape index (κ1) is 25.0. The zero-order valence-corrected chi connectivity index (χ0v) is 20.7. The number of halogens is 1. The Morgan fingerprint density at radius 1 is 1.06 bits per heavy atom. The van der Waals surface area contributed by atoms with E-state index < -0.39 is 15.8 Å². The van der Waals surface area contributed by atoms with Crippen LogP contribution in [0, 0.1) is 5.92 Å². The lowest BCUT2D eigenvalue weighted by Crippen LogP contribution is -2.43.